The van der Waals surface area contributed by atoms with E-state index in [0.29, 0.717) is 0 Å². The van der Waals surface area contributed by atoms with E-state index >= 15 is 0 Å². The smallest absolute Gasteiger partial charge is 0.246 e. The minimum atomic E-state index is 0.0284. The average Bonchev–Trinajstić information content (AvgIpc) is 2.74. The molecule has 1 aliphatic heterocycles. The lowest BCUT2D eigenvalue weighted by atomic mass is 10.1. The van der Waals surface area contributed by atoms with Gasteiger partial charge in [-0.05, 0) is 30.0 Å². The van der Waals surface area contributed by atoms with Gasteiger partial charge in [-0.1, -0.05) is 6.58 Å². The summed E-state index contributed by atoms with van der Waals surface area (Å²) in [7, 11) is 0. The Labute approximate surface area is 99.8 Å². The lowest BCUT2D eigenvalue weighted by Crippen LogP contribution is -2.47. The van der Waals surface area contributed by atoms with E-state index in [1.54, 1.807) is 11.3 Å². The standard InChI is InChI=1S/C12H16N2OS/c1-3-11(15)14-6-5-13-10(8-14)12-9(2)4-7-16-12/h3-4,7,10,13H,1,5-6,8H2,2H3. The summed E-state index contributed by atoms with van der Waals surface area (Å²) in [5, 5.41) is 5.55. The molecule has 4 heteroatoms. The molecule has 1 amide bonds. The van der Waals surface area contributed by atoms with Crippen molar-refractivity contribution >= 4 is 17.2 Å². The Bertz CT molecular complexity index is 399. The van der Waals surface area contributed by atoms with Crippen LogP contribution in [0.15, 0.2) is 24.1 Å². The third kappa shape index (κ3) is 2.18. The summed E-state index contributed by atoms with van der Waals surface area (Å²) < 4.78 is 0. The van der Waals surface area contributed by atoms with Crippen LogP contribution in [0.1, 0.15) is 16.5 Å². The van der Waals surface area contributed by atoms with Crippen LogP contribution in [-0.2, 0) is 4.79 Å². The Hall–Kier alpha value is -1.13. The van der Waals surface area contributed by atoms with Crippen LogP contribution in [0.2, 0.25) is 0 Å². The SMILES string of the molecule is C=CC(=O)N1CCNC(c2sccc2C)C1. The quantitative estimate of drug-likeness (QED) is 0.793. The highest BCUT2D eigenvalue weighted by atomic mass is 32.1. The second kappa shape index (κ2) is 4.80. The Morgan fingerprint density at radius 2 is 2.56 bits per heavy atom. The number of amides is 1. The van der Waals surface area contributed by atoms with E-state index in [2.05, 4.69) is 30.3 Å². The predicted molar refractivity (Wildman–Crippen MR) is 66.6 cm³/mol. The van der Waals surface area contributed by atoms with Gasteiger partial charge in [0.05, 0.1) is 6.04 Å². The van der Waals surface area contributed by atoms with Crippen molar-refractivity contribution in [2.24, 2.45) is 0 Å². The molecule has 1 saturated heterocycles. The molecule has 16 heavy (non-hydrogen) atoms. The van der Waals surface area contributed by atoms with Gasteiger partial charge in [-0.15, -0.1) is 11.3 Å². The molecule has 0 bridgehead atoms. The highest BCUT2D eigenvalue weighted by Crippen LogP contribution is 2.26. The van der Waals surface area contributed by atoms with Crippen LogP contribution in [0, 0.1) is 6.92 Å². The van der Waals surface area contributed by atoms with Gasteiger partial charge in [-0.3, -0.25) is 4.79 Å². The Morgan fingerprint density at radius 3 is 3.19 bits per heavy atom. The molecule has 1 unspecified atom stereocenters. The van der Waals surface area contributed by atoms with Crippen molar-refractivity contribution in [2.45, 2.75) is 13.0 Å². The first kappa shape index (κ1) is 11.4. The van der Waals surface area contributed by atoms with Crippen molar-refractivity contribution in [3.8, 4) is 0 Å². The zero-order chi connectivity index (χ0) is 11.5. The fourth-order valence-corrected chi connectivity index (χ4v) is 2.99. The molecule has 1 atom stereocenters. The highest BCUT2D eigenvalue weighted by Gasteiger charge is 2.24. The molecule has 1 aromatic heterocycles. The molecule has 0 aromatic carbocycles. The number of nitrogens with one attached hydrogen (secondary N) is 1. The van der Waals surface area contributed by atoms with E-state index in [1.165, 1.54) is 16.5 Å². The normalized spacial score (nSPS) is 20.8. The van der Waals surface area contributed by atoms with Crippen molar-refractivity contribution in [3.05, 3.63) is 34.5 Å². The topological polar surface area (TPSA) is 32.3 Å². The van der Waals surface area contributed by atoms with Crippen LogP contribution in [0.4, 0.5) is 0 Å². The molecule has 2 heterocycles. The number of carbonyl (C=O) groups excluding carboxylic acids is 1. The van der Waals surface area contributed by atoms with Gasteiger partial charge in [0.1, 0.15) is 0 Å². The third-order valence-electron chi connectivity index (χ3n) is 2.88. The second-order valence-corrected chi connectivity index (χ2v) is 4.91. The van der Waals surface area contributed by atoms with Gasteiger partial charge in [-0.2, -0.15) is 0 Å². The zero-order valence-electron chi connectivity index (χ0n) is 9.40. The van der Waals surface area contributed by atoms with Crippen LogP contribution in [-0.4, -0.2) is 30.4 Å². The van der Waals surface area contributed by atoms with E-state index in [9.17, 15) is 4.79 Å². The van der Waals surface area contributed by atoms with Gasteiger partial charge in [-0.25, -0.2) is 0 Å². The lowest BCUT2D eigenvalue weighted by molar-refractivity contribution is -0.127. The van der Waals surface area contributed by atoms with Crippen LogP contribution in [0.5, 0.6) is 0 Å². The number of piperazine rings is 1. The Balaban J connectivity index is 2.10. The van der Waals surface area contributed by atoms with Crippen molar-refractivity contribution in [3.63, 3.8) is 0 Å². The summed E-state index contributed by atoms with van der Waals surface area (Å²) in [6.45, 7) is 8.01. The summed E-state index contributed by atoms with van der Waals surface area (Å²) in [6.07, 6.45) is 1.39. The Morgan fingerprint density at radius 1 is 1.75 bits per heavy atom. The monoisotopic (exact) mass is 236 g/mol. The van der Waals surface area contributed by atoms with E-state index in [-0.39, 0.29) is 11.9 Å². The maximum atomic E-state index is 11.6. The number of nitrogens with zero attached hydrogens (tertiary/aromatic N) is 1. The molecule has 0 saturated carbocycles. The van der Waals surface area contributed by atoms with E-state index in [4.69, 9.17) is 0 Å². The molecular formula is C12H16N2OS. The number of rotatable bonds is 2. The maximum Gasteiger partial charge on any atom is 0.246 e. The van der Waals surface area contributed by atoms with Crippen molar-refractivity contribution in [1.82, 2.24) is 10.2 Å². The molecular weight excluding hydrogens is 220 g/mol. The fraction of sp³-hybridized carbons (Fsp3) is 0.417. The number of thiophene rings is 1. The minimum absolute atomic E-state index is 0.0284. The van der Waals surface area contributed by atoms with Gasteiger partial charge in [0, 0.05) is 24.5 Å². The van der Waals surface area contributed by atoms with Crippen LogP contribution < -0.4 is 5.32 Å². The fourth-order valence-electron chi connectivity index (χ4n) is 2.00. The molecule has 0 spiro atoms. The molecule has 0 radical (unpaired) electrons. The molecule has 2 rings (SSSR count). The molecule has 1 fully saturated rings. The average molecular weight is 236 g/mol. The van der Waals surface area contributed by atoms with E-state index in [1.807, 2.05) is 4.90 Å². The van der Waals surface area contributed by atoms with Crippen molar-refractivity contribution in [1.29, 1.82) is 0 Å². The largest absolute Gasteiger partial charge is 0.336 e. The first-order valence-electron chi connectivity index (χ1n) is 5.41. The van der Waals surface area contributed by atoms with Crippen molar-refractivity contribution < 1.29 is 4.79 Å². The summed E-state index contributed by atoms with van der Waals surface area (Å²) >= 11 is 1.75. The van der Waals surface area contributed by atoms with Crippen LogP contribution >= 0.6 is 11.3 Å². The van der Waals surface area contributed by atoms with E-state index < -0.39 is 0 Å². The van der Waals surface area contributed by atoms with Gasteiger partial charge >= 0.3 is 0 Å². The number of hydrogen-bond donors (Lipinski definition) is 1. The maximum absolute atomic E-state index is 11.6. The molecule has 86 valence electrons. The predicted octanol–water partition coefficient (Wildman–Crippen LogP) is 1.72. The minimum Gasteiger partial charge on any atom is -0.336 e. The van der Waals surface area contributed by atoms with E-state index in [0.717, 1.165) is 19.6 Å². The molecule has 1 N–H and O–H groups in total. The molecule has 0 aliphatic carbocycles. The van der Waals surface area contributed by atoms with Gasteiger partial charge < -0.3 is 10.2 Å². The van der Waals surface area contributed by atoms with Gasteiger partial charge in [0.2, 0.25) is 5.91 Å². The summed E-state index contributed by atoms with van der Waals surface area (Å²) in [4.78, 5) is 14.7. The van der Waals surface area contributed by atoms with Crippen LogP contribution in [0.3, 0.4) is 0 Å². The lowest BCUT2D eigenvalue weighted by Gasteiger charge is -2.33. The summed E-state index contributed by atoms with van der Waals surface area (Å²) in [5.74, 6) is 0.0284. The third-order valence-corrected chi connectivity index (χ3v) is 4.01. The number of aryl methyl sites for hydroxylation is 1. The number of carbonyl (C=O) groups is 1. The van der Waals surface area contributed by atoms with Gasteiger partial charge in [0.15, 0.2) is 0 Å². The van der Waals surface area contributed by atoms with Crippen LogP contribution in [0.25, 0.3) is 0 Å². The molecule has 3 nitrogen and oxygen atoms in total. The second-order valence-electron chi connectivity index (χ2n) is 3.96. The number of hydrogen-bond acceptors (Lipinski definition) is 3. The summed E-state index contributed by atoms with van der Waals surface area (Å²) in [6, 6.07) is 2.40. The zero-order valence-corrected chi connectivity index (χ0v) is 10.2. The molecule has 1 aromatic rings. The summed E-state index contributed by atoms with van der Waals surface area (Å²) in [5.41, 5.74) is 1.30. The molecule has 1 aliphatic rings. The first-order valence-corrected chi connectivity index (χ1v) is 6.29. The first-order chi connectivity index (χ1) is 7.72. The van der Waals surface area contributed by atoms with Gasteiger partial charge in [0.25, 0.3) is 0 Å². The van der Waals surface area contributed by atoms with Crippen molar-refractivity contribution in [2.75, 3.05) is 19.6 Å². The highest BCUT2D eigenvalue weighted by molar-refractivity contribution is 7.10. The Kier molecular flexibility index (Phi) is 3.41.